The van der Waals surface area contributed by atoms with Gasteiger partial charge in [0.25, 0.3) is 0 Å². The number of nitrogens with one attached hydrogen (secondary N) is 1. The molecule has 3 fully saturated rings. The summed E-state index contributed by atoms with van der Waals surface area (Å²) in [6.07, 6.45) is 8.04. The highest BCUT2D eigenvalue weighted by Crippen LogP contribution is 2.38. The number of piperidine rings is 1. The first-order valence-electron chi connectivity index (χ1n) is 13.2. The standard InChI is InChI=1S/C30H32ClN5/c31-26-6-2-1-5-25(26)22-13-15-33-30(17-22)36-28-14-16-35(24-11-9-21(18-32)10-12-24)20-23(28)19-34-27-7-3-4-8-29(27)36/h1-2,5-6,9-13,15,17,23,27-29,34H,3-4,7-8,14,16,19-20H2. The number of nitriles is 1. The van der Waals surface area contributed by atoms with E-state index >= 15 is 0 Å². The summed E-state index contributed by atoms with van der Waals surface area (Å²) in [4.78, 5) is 10.1. The molecule has 6 heteroatoms. The molecule has 0 spiro atoms. The quantitative estimate of drug-likeness (QED) is 0.489. The van der Waals surface area contributed by atoms with Crippen molar-refractivity contribution in [2.75, 3.05) is 29.4 Å². The van der Waals surface area contributed by atoms with Crippen LogP contribution >= 0.6 is 11.6 Å². The molecule has 36 heavy (non-hydrogen) atoms. The number of hydrogen-bond acceptors (Lipinski definition) is 5. The molecule has 4 unspecified atom stereocenters. The van der Waals surface area contributed by atoms with Gasteiger partial charge in [-0.25, -0.2) is 4.98 Å². The largest absolute Gasteiger partial charge is 0.371 e. The van der Waals surface area contributed by atoms with Crippen molar-refractivity contribution in [3.8, 4) is 17.2 Å². The number of aromatic nitrogens is 1. The summed E-state index contributed by atoms with van der Waals surface area (Å²) in [5, 5.41) is 13.9. The predicted octanol–water partition coefficient (Wildman–Crippen LogP) is 5.89. The molecular weight excluding hydrogens is 466 g/mol. The molecule has 5 nitrogen and oxygen atoms in total. The van der Waals surface area contributed by atoms with Gasteiger partial charge < -0.3 is 15.1 Å². The number of halogens is 1. The van der Waals surface area contributed by atoms with Gasteiger partial charge in [-0.15, -0.1) is 0 Å². The van der Waals surface area contributed by atoms with E-state index in [-0.39, 0.29) is 0 Å². The number of nitrogens with zero attached hydrogens (tertiary/aromatic N) is 4. The van der Waals surface area contributed by atoms with Gasteiger partial charge in [-0.2, -0.15) is 5.26 Å². The van der Waals surface area contributed by atoms with Gasteiger partial charge in [0, 0.05) is 66.1 Å². The second-order valence-electron chi connectivity index (χ2n) is 10.4. The summed E-state index contributed by atoms with van der Waals surface area (Å²) in [5.74, 6) is 1.57. The number of benzene rings is 2. The van der Waals surface area contributed by atoms with Gasteiger partial charge in [-0.3, -0.25) is 0 Å². The van der Waals surface area contributed by atoms with Crippen molar-refractivity contribution in [2.24, 2.45) is 5.92 Å². The van der Waals surface area contributed by atoms with Crippen LogP contribution in [-0.2, 0) is 0 Å². The molecule has 1 saturated carbocycles. The molecule has 0 amide bonds. The van der Waals surface area contributed by atoms with E-state index in [9.17, 15) is 5.26 Å². The fraction of sp³-hybridized carbons (Fsp3) is 0.400. The Morgan fingerprint density at radius 2 is 1.81 bits per heavy atom. The lowest BCUT2D eigenvalue weighted by Gasteiger charge is -2.47. The minimum Gasteiger partial charge on any atom is -0.371 e. The van der Waals surface area contributed by atoms with Crippen LogP contribution in [0.15, 0.2) is 66.9 Å². The van der Waals surface area contributed by atoms with Gasteiger partial charge in [-0.1, -0.05) is 42.6 Å². The lowest BCUT2D eigenvalue weighted by molar-refractivity contribution is 0.316. The lowest BCUT2D eigenvalue weighted by Crippen LogP contribution is -2.56. The second-order valence-corrected chi connectivity index (χ2v) is 10.8. The molecule has 1 aliphatic carbocycles. The third-order valence-corrected chi connectivity index (χ3v) is 8.67. The van der Waals surface area contributed by atoms with Gasteiger partial charge >= 0.3 is 0 Å². The number of rotatable bonds is 3. The molecule has 4 atom stereocenters. The SMILES string of the molecule is N#Cc1ccc(N2CCC3C(CNC4CCCCC4N3c3cc(-c4ccccc4Cl)ccn3)C2)cc1. The highest BCUT2D eigenvalue weighted by Gasteiger charge is 2.43. The van der Waals surface area contributed by atoms with E-state index in [0.29, 0.717) is 29.6 Å². The smallest absolute Gasteiger partial charge is 0.129 e. The Kier molecular flexibility index (Phi) is 6.56. The molecule has 2 aromatic carbocycles. The Morgan fingerprint density at radius 1 is 0.972 bits per heavy atom. The maximum atomic E-state index is 9.18. The van der Waals surface area contributed by atoms with Gasteiger partial charge in [0.1, 0.15) is 5.82 Å². The Labute approximate surface area is 218 Å². The average Bonchev–Trinajstić information content (AvgIpc) is 3.10. The minimum absolute atomic E-state index is 0.439. The molecule has 0 bridgehead atoms. The lowest BCUT2D eigenvalue weighted by atomic mass is 9.86. The summed E-state index contributed by atoms with van der Waals surface area (Å²) in [6, 6.07) is 24.1. The zero-order valence-electron chi connectivity index (χ0n) is 20.5. The van der Waals surface area contributed by atoms with Gasteiger partial charge in [-0.05, 0) is 67.3 Å². The Bertz CT molecular complexity index is 1250. The van der Waals surface area contributed by atoms with E-state index in [0.717, 1.165) is 48.0 Å². The van der Waals surface area contributed by atoms with Crippen LogP contribution in [-0.4, -0.2) is 42.7 Å². The van der Waals surface area contributed by atoms with Crippen LogP contribution in [0.3, 0.4) is 0 Å². The van der Waals surface area contributed by atoms with Crippen molar-refractivity contribution < 1.29 is 0 Å². The van der Waals surface area contributed by atoms with E-state index in [1.54, 1.807) is 0 Å². The van der Waals surface area contributed by atoms with Crippen LogP contribution in [0.5, 0.6) is 0 Å². The molecule has 3 heterocycles. The predicted molar refractivity (Wildman–Crippen MR) is 146 cm³/mol. The Hall–Kier alpha value is -3.07. The van der Waals surface area contributed by atoms with E-state index in [4.69, 9.17) is 16.6 Å². The van der Waals surface area contributed by atoms with Crippen LogP contribution in [0.25, 0.3) is 11.1 Å². The fourth-order valence-corrected chi connectivity index (χ4v) is 6.81. The van der Waals surface area contributed by atoms with Crippen molar-refractivity contribution in [2.45, 2.75) is 50.2 Å². The third-order valence-electron chi connectivity index (χ3n) is 8.34. The van der Waals surface area contributed by atoms with Crippen LogP contribution in [0.2, 0.25) is 5.02 Å². The van der Waals surface area contributed by atoms with Crippen LogP contribution in [0.1, 0.15) is 37.7 Å². The van der Waals surface area contributed by atoms with Crippen LogP contribution < -0.4 is 15.1 Å². The highest BCUT2D eigenvalue weighted by atomic mass is 35.5. The summed E-state index contributed by atoms with van der Waals surface area (Å²) in [5.41, 5.74) is 4.11. The second kappa shape index (κ2) is 10.1. The maximum Gasteiger partial charge on any atom is 0.129 e. The fourth-order valence-electron chi connectivity index (χ4n) is 6.56. The van der Waals surface area contributed by atoms with Crippen molar-refractivity contribution in [3.63, 3.8) is 0 Å². The van der Waals surface area contributed by atoms with E-state index < -0.39 is 0 Å². The molecule has 1 N–H and O–H groups in total. The van der Waals surface area contributed by atoms with Crippen molar-refractivity contribution in [1.82, 2.24) is 10.3 Å². The van der Waals surface area contributed by atoms with E-state index in [1.165, 1.54) is 31.4 Å². The molecular formula is C30H32ClN5. The Balaban J connectivity index is 1.33. The summed E-state index contributed by atoms with van der Waals surface area (Å²) in [7, 11) is 0. The zero-order valence-corrected chi connectivity index (χ0v) is 21.2. The molecule has 6 rings (SSSR count). The Morgan fingerprint density at radius 3 is 2.64 bits per heavy atom. The molecule has 3 aromatic rings. The monoisotopic (exact) mass is 497 g/mol. The highest BCUT2D eigenvalue weighted by molar-refractivity contribution is 6.33. The zero-order chi connectivity index (χ0) is 24.5. The maximum absolute atomic E-state index is 9.18. The normalized spacial score (nSPS) is 25.9. The van der Waals surface area contributed by atoms with E-state index in [1.807, 2.05) is 36.5 Å². The van der Waals surface area contributed by atoms with Crippen LogP contribution in [0.4, 0.5) is 11.5 Å². The molecule has 0 radical (unpaired) electrons. The van der Waals surface area contributed by atoms with Gasteiger partial charge in [0.15, 0.2) is 0 Å². The van der Waals surface area contributed by atoms with Gasteiger partial charge in [0.2, 0.25) is 0 Å². The van der Waals surface area contributed by atoms with Crippen molar-refractivity contribution in [1.29, 1.82) is 5.26 Å². The van der Waals surface area contributed by atoms with Crippen molar-refractivity contribution in [3.05, 3.63) is 77.4 Å². The van der Waals surface area contributed by atoms with Crippen molar-refractivity contribution >= 4 is 23.1 Å². The number of pyridine rings is 1. The number of anilines is 2. The van der Waals surface area contributed by atoms with Gasteiger partial charge in [0.05, 0.1) is 11.6 Å². The third kappa shape index (κ3) is 4.45. The first-order valence-corrected chi connectivity index (χ1v) is 13.6. The molecule has 3 aliphatic rings. The molecule has 1 aromatic heterocycles. The summed E-state index contributed by atoms with van der Waals surface area (Å²) in [6.45, 7) is 3.04. The molecule has 2 saturated heterocycles. The first-order chi connectivity index (χ1) is 17.7. The number of hydrogen-bond donors (Lipinski definition) is 1. The topological polar surface area (TPSA) is 55.2 Å². The van der Waals surface area contributed by atoms with E-state index in [2.05, 4.69) is 51.5 Å². The summed E-state index contributed by atoms with van der Waals surface area (Å²) < 4.78 is 0. The minimum atomic E-state index is 0.439. The molecule has 184 valence electrons. The summed E-state index contributed by atoms with van der Waals surface area (Å²) >= 11 is 6.57. The number of fused-ring (bicyclic) bond motifs is 2. The van der Waals surface area contributed by atoms with Crippen LogP contribution in [0, 0.1) is 17.2 Å². The first kappa shape index (κ1) is 23.3. The average molecular weight is 498 g/mol. The molecule has 2 aliphatic heterocycles.